The first kappa shape index (κ1) is 16.0. The molecule has 0 aliphatic carbocycles. The molecule has 116 valence electrons. The Labute approximate surface area is 131 Å². The van der Waals surface area contributed by atoms with Crippen LogP contribution in [-0.2, 0) is 0 Å². The van der Waals surface area contributed by atoms with Crippen LogP contribution in [0.3, 0.4) is 0 Å². The average molecular weight is 307 g/mol. The third-order valence-corrected chi connectivity index (χ3v) is 4.22. The Balaban J connectivity index is 2.33. The molecule has 0 spiro atoms. The fraction of sp³-hybridized carbons (Fsp3) is 0.600. The second-order valence-electron chi connectivity index (χ2n) is 5.60. The molecule has 21 heavy (non-hydrogen) atoms. The van der Waals surface area contributed by atoms with E-state index in [2.05, 4.69) is 61.2 Å². The Bertz CT molecular complexity index is 593. The molecule has 5 nitrogen and oxygen atoms in total. The van der Waals surface area contributed by atoms with Gasteiger partial charge in [0.2, 0.25) is 5.95 Å². The van der Waals surface area contributed by atoms with E-state index in [1.54, 1.807) is 11.3 Å². The molecule has 0 radical (unpaired) electrons. The predicted molar refractivity (Wildman–Crippen MR) is 92.8 cm³/mol. The fourth-order valence-electron chi connectivity index (χ4n) is 2.09. The van der Waals surface area contributed by atoms with Crippen LogP contribution in [0.25, 0.3) is 10.2 Å². The van der Waals surface area contributed by atoms with Gasteiger partial charge in [0.15, 0.2) is 0 Å². The summed E-state index contributed by atoms with van der Waals surface area (Å²) in [7, 11) is 6.28. The third kappa shape index (κ3) is 4.04. The van der Waals surface area contributed by atoms with Crippen LogP contribution in [0.4, 0.5) is 11.8 Å². The van der Waals surface area contributed by atoms with Crippen LogP contribution in [-0.4, -0.2) is 55.6 Å². The summed E-state index contributed by atoms with van der Waals surface area (Å²) in [5, 5.41) is 4.46. The molecule has 2 rings (SSSR count). The van der Waals surface area contributed by atoms with Crippen LogP contribution in [0.5, 0.6) is 0 Å². The quantitative estimate of drug-likeness (QED) is 0.852. The van der Waals surface area contributed by atoms with Gasteiger partial charge in [-0.1, -0.05) is 6.92 Å². The van der Waals surface area contributed by atoms with E-state index >= 15 is 0 Å². The van der Waals surface area contributed by atoms with E-state index in [4.69, 9.17) is 4.98 Å². The van der Waals surface area contributed by atoms with E-state index in [9.17, 15) is 0 Å². The molecule has 1 N–H and O–H groups in total. The van der Waals surface area contributed by atoms with Crippen molar-refractivity contribution in [1.82, 2.24) is 14.9 Å². The van der Waals surface area contributed by atoms with E-state index in [0.29, 0.717) is 0 Å². The maximum Gasteiger partial charge on any atom is 0.226 e. The van der Waals surface area contributed by atoms with Gasteiger partial charge in [-0.05, 0) is 33.5 Å². The highest BCUT2D eigenvalue weighted by Gasteiger charge is 2.14. The summed E-state index contributed by atoms with van der Waals surface area (Å²) >= 11 is 1.73. The molecule has 0 atom stereocenters. The van der Waals surface area contributed by atoms with Gasteiger partial charge in [0.05, 0.1) is 5.39 Å². The minimum Gasteiger partial charge on any atom is -0.358 e. The van der Waals surface area contributed by atoms with Crippen molar-refractivity contribution in [3.63, 3.8) is 0 Å². The molecule has 0 aromatic carbocycles. The van der Waals surface area contributed by atoms with Crippen molar-refractivity contribution < 1.29 is 0 Å². The predicted octanol–water partition coefficient (Wildman–Crippen LogP) is 2.82. The molecule has 0 amide bonds. The van der Waals surface area contributed by atoms with Crippen molar-refractivity contribution in [2.24, 2.45) is 0 Å². The van der Waals surface area contributed by atoms with Crippen molar-refractivity contribution in [2.75, 3.05) is 51.0 Å². The molecule has 0 bridgehead atoms. The number of rotatable bonds is 7. The first-order chi connectivity index (χ1) is 10.0. The molecule has 2 heterocycles. The average Bonchev–Trinajstić information content (AvgIpc) is 2.81. The first-order valence-corrected chi connectivity index (χ1v) is 8.20. The lowest BCUT2D eigenvalue weighted by Crippen LogP contribution is -2.29. The molecular formula is C15H25N5S. The summed E-state index contributed by atoms with van der Waals surface area (Å²) in [6.07, 6.45) is 1.07. The fourth-order valence-corrected chi connectivity index (χ4v) is 2.96. The van der Waals surface area contributed by atoms with Crippen molar-refractivity contribution in [2.45, 2.75) is 20.3 Å². The highest BCUT2D eigenvalue weighted by Crippen LogP contribution is 2.31. The molecule has 2 aromatic heterocycles. The molecule has 0 fully saturated rings. The highest BCUT2D eigenvalue weighted by molar-refractivity contribution is 7.18. The van der Waals surface area contributed by atoms with Gasteiger partial charge in [-0.15, -0.1) is 11.3 Å². The molecule has 6 heteroatoms. The maximum absolute atomic E-state index is 4.72. The van der Waals surface area contributed by atoms with E-state index in [1.165, 1.54) is 4.88 Å². The second kappa shape index (κ2) is 7.04. The minimum absolute atomic E-state index is 0.734. The lowest BCUT2D eigenvalue weighted by atomic mass is 10.3. The number of hydrogen-bond donors (Lipinski definition) is 1. The standard InChI is InChI=1S/C15H25N5S/c1-6-7-16-15-17-13(20(5)9-8-19(3)4)12-10-11(2)21-14(12)18-15/h10H,6-9H2,1-5H3,(H,16,17,18). The zero-order valence-corrected chi connectivity index (χ0v) is 14.4. The maximum atomic E-state index is 4.72. The molecular weight excluding hydrogens is 282 g/mol. The molecule has 0 saturated heterocycles. The molecule has 0 unspecified atom stereocenters. The van der Waals surface area contributed by atoms with Crippen molar-refractivity contribution in [1.29, 1.82) is 0 Å². The zero-order chi connectivity index (χ0) is 15.4. The van der Waals surface area contributed by atoms with Crippen molar-refractivity contribution in [3.8, 4) is 0 Å². The largest absolute Gasteiger partial charge is 0.358 e. The van der Waals surface area contributed by atoms with Gasteiger partial charge in [-0.2, -0.15) is 4.98 Å². The first-order valence-electron chi connectivity index (χ1n) is 7.39. The summed E-state index contributed by atoms with van der Waals surface area (Å²) in [5.41, 5.74) is 0. The Kier molecular flexibility index (Phi) is 5.36. The Morgan fingerprint density at radius 3 is 2.62 bits per heavy atom. The minimum atomic E-state index is 0.734. The number of nitrogens with one attached hydrogen (secondary N) is 1. The number of fused-ring (bicyclic) bond motifs is 1. The number of likely N-dealkylation sites (N-methyl/N-ethyl adjacent to an activating group) is 2. The van der Waals surface area contributed by atoms with Gasteiger partial charge in [-0.25, -0.2) is 4.98 Å². The number of nitrogens with zero attached hydrogens (tertiary/aromatic N) is 4. The second-order valence-corrected chi connectivity index (χ2v) is 6.83. The number of thiophene rings is 1. The van der Waals surface area contributed by atoms with E-state index in [-0.39, 0.29) is 0 Å². The SMILES string of the molecule is CCCNc1nc(N(C)CCN(C)C)c2cc(C)sc2n1. The van der Waals surface area contributed by atoms with Gasteiger partial charge in [0.25, 0.3) is 0 Å². The molecule has 2 aromatic rings. The van der Waals surface area contributed by atoms with Crippen molar-refractivity contribution in [3.05, 3.63) is 10.9 Å². The van der Waals surface area contributed by atoms with Gasteiger partial charge >= 0.3 is 0 Å². The van der Waals surface area contributed by atoms with E-state index < -0.39 is 0 Å². The van der Waals surface area contributed by atoms with Crippen LogP contribution >= 0.6 is 11.3 Å². The highest BCUT2D eigenvalue weighted by atomic mass is 32.1. The van der Waals surface area contributed by atoms with Crippen LogP contribution in [0.15, 0.2) is 6.07 Å². The summed E-state index contributed by atoms with van der Waals surface area (Å²) < 4.78 is 0. The van der Waals surface area contributed by atoms with Gasteiger partial charge in [-0.3, -0.25) is 0 Å². The summed E-state index contributed by atoms with van der Waals surface area (Å²) in [6.45, 7) is 7.11. The van der Waals surface area contributed by atoms with Crippen LogP contribution in [0.2, 0.25) is 0 Å². The number of aromatic nitrogens is 2. The molecule has 0 aliphatic rings. The van der Waals surface area contributed by atoms with Crippen LogP contribution in [0, 0.1) is 6.92 Å². The van der Waals surface area contributed by atoms with Crippen LogP contribution < -0.4 is 10.2 Å². The Morgan fingerprint density at radius 1 is 1.19 bits per heavy atom. The summed E-state index contributed by atoms with van der Waals surface area (Å²) in [4.78, 5) is 16.1. The molecule has 0 saturated carbocycles. The van der Waals surface area contributed by atoms with Gasteiger partial charge in [0.1, 0.15) is 10.6 Å². The monoisotopic (exact) mass is 307 g/mol. The zero-order valence-electron chi connectivity index (χ0n) is 13.6. The smallest absolute Gasteiger partial charge is 0.226 e. The lowest BCUT2D eigenvalue weighted by Gasteiger charge is -2.21. The Morgan fingerprint density at radius 2 is 1.95 bits per heavy atom. The topological polar surface area (TPSA) is 44.3 Å². The number of anilines is 2. The van der Waals surface area contributed by atoms with E-state index in [0.717, 1.165) is 48.0 Å². The Hall–Kier alpha value is -1.40. The van der Waals surface area contributed by atoms with E-state index in [1.807, 2.05) is 0 Å². The molecule has 0 aliphatic heterocycles. The van der Waals surface area contributed by atoms with Gasteiger partial charge < -0.3 is 15.1 Å². The summed E-state index contributed by atoms with van der Waals surface area (Å²) in [6, 6.07) is 2.19. The normalized spacial score (nSPS) is 11.3. The summed E-state index contributed by atoms with van der Waals surface area (Å²) in [5.74, 6) is 1.75. The van der Waals surface area contributed by atoms with Crippen LogP contribution in [0.1, 0.15) is 18.2 Å². The lowest BCUT2D eigenvalue weighted by molar-refractivity contribution is 0.416. The third-order valence-electron chi connectivity index (χ3n) is 3.27. The van der Waals surface area contributed by atoms with Crippen molar-refractivity contribution >= 4 is 33.3 Å². The number of aryl methyl sites for hydroxylation is 1. The van der Waals surface area contributed by atoms with Gasteiger partial charge in [0, 0.05) is 31.6 Å². The number of hydrogen-bond acceptors (Lipinski definition) is 6.